The number of hydrogen-bond acceptors (Lipinski definition) is 6. The predicted molar refractivity (Wildman–Crippen MR) is 101 cm³/mol. The molecule has 0 aliphatic heterocycles. The molecular weight excluding hydrogens is 403 g/mol. The van der Waals surface area contributed by atoms with Gasteiger partial charge < -0.3 is 19.9 Å². The second kappa shape index (κ2) is 6.61. The number of phenols is 2. The van der Waals surface area contributed by atoms with Gasteiger partial charge >= 0.3 is 6.18 Å². The van der Waals surface area contributed by atoms with Gasteiger partial charge in [0, 0.05) is 23.1 Å². The van der Waals surface area contributed by atoms with E-state index in [0.717, 1.165) is 12.3 Å². The molecule has 4 aromatic rings. The largest absolute Gasteiger partial charge is 0.502 e. The second-order valence-electron chi connectivity index (χ2n) is 6.70. The lowest BCUT2D eigenvalue weighted by Crippen LogP contribution is -2.15. The van der Waals surface area contributed by atoms with Crippen molar-refractivity contribution in [1.29, 1.82) is 0 Å². The van der Waals surface area contributed by atoms with Gasteiger partial charge in [-0.05, 0) is 37.6 Å². The fourth-order valence-electron chi connectivity index (χ4n) is 3.25. The molecule has 2 bridgehead atoms. The Morgan fingerprint density at radius 2 is 1.80 bits per heavy atom. The van der Waals surface area contributed by atoms with E-state index in [1.807, 2.05) is 0 Å². The van der Waals surface area contributed by atoms with Gasteiger partial charge in [0.1, 0.15) is 0 Å². The van der Waals surface area contributed by atoms with Crippen LogP contribution in [0.1, 0.15) is 27.3 Å². The highest BCUT2D eigenvalue weighted by Crippen LogP contribution is 2.50. The molecule has 0 aliphatic carbocycles. The topological polar surface area (TPSA) is 108 Å². The van der Waals surface area contributed by atoms with E-state index in [1.165, 1.54) is 13.1 Å². The number of aryl methyl sites for hydroxylation is 2. The van der Waals surface area contributed by atoms with Crippen LogP contribution in [-0.2, 0) is 6.18 Å². The van der Waals surface area contributed by atoms with Crippen molar-refractivity contribution in [1.82, 2.24) is 9.97 Å². The van der Waals surface area contributed by atoms with Crippen LogP contribution in [0.25, 0.3) is 22.3 Å². The number of nitrogens with one attached hydrogen (secondary N) is 1. The number of aromatic hydroxyl groups is 2. The van der Waals surface area contributed by atoms with Crippen molar-refractivity contribution in [3.8, 4) is 22.6 Å². The Bertz CT molecular complexity index is 1280. The van der Waals surface area contributed by atoms with Crippen LogP contribution in [0, 0.1) is 13.8 Å². The van der Waals surface area contributed by atoms with Gasteiger partial charge in [0.2, 0.25) is 11.5 Å². The number of halogens is 3. The average Bonchev–Trinajstić information content (AvgIpc) is 3.19. The Morgan fingerprint density at radius 1 is 1.10 bits per heavy atom. The van der Waals surface area contributed by atoms with Gasteiger partial charge in [0.25, 0.3) is 5.91 Å². The number of hydrogen-bond donors (Lipinski definition) is 3. The molecule has 3 N–H and O–H groups in total. The molecule has 4 heterocycles. The monoisotopic (exact) mass is 417 g/mol. The molecule has 0 atom stereocenters. The minimum atomic E-state index is -4.64. The third-order valence-corrected chi connectivity index (χ3v) is 4.63. The number of amides is 1. The number of benzene rings is 1. The highest BCUT2D eigenvalue weighted by molar-refractivity contribution is 6.19. The quantitative estimate of drug-likeness (QED) is 0.420. The number of nitrogens with zero attached hydrogens (tertiary/aromatic N) is 2. The molecule has 10 heteroatoms. The zero-order valence-electron chi connectivity index (χ0n) is 15.6. The number of pyridine rings is 2. The third-order valence-electron chi connectivity index (χ3n) is 4.63. The first-order valence-corrected chi connectivity index (χ1v) is 8.66. The first kappa shape index (κ1) is 19.5. The van der Waals surface area contributed by atoms with Gasteiger partial charge in [0.15, 0.2) is 11.2 Å². The summed E-state index contributed by atoms with van der Waals surface area (Å²) in [5.41, 5.74) is -0.613. The zero-order chi connectivity index (χ0) is 21.8. The number of carbonyl (C=O) groups excluding carboxylic acids is 1. The van der Waals surface area contributed by atoms with Gasteiger partial charge in [0.05, 0.1) is 23.0 Å². The lowest BCUT2D eigenvalue weighted by Gasteiger charge is -2.13. The minimum Gasteiger partial charge on any atom is -0.502 e. The standard InChI is InChI=1S/C20H14F3N3O4/c1-8-5-10(3-4-24-8)13-14(18-16(28)15(27)17(13)30-18)19(29)26-11-6-12(20(21,22)23)9(2)25-7-11/h3-7,27-28H,1-2H3,(H,26,29). The fraction of sp³-hybridized carbons (Fsp3) is 0.150. The molecule has 1 amide bonds. The smallest absolute Gasteiger partial charge is 0.418 e. The van der Waals surface area contributed by atoms with E-state index in [4.69, 9.17) is 4.42 Å². The molecule has 0 unspecified atom stereocenters. The SMILES string of the molecule is Cc1cc(-c2c(C(=O)Nc3cnc(C)c(C(F)(F)F)c3)c3oc2c(O)c3O)ccn1. The summed E-state index contributed by atoms with van der Waals surface area (Å²) in [5.74, 6) is -1.98. The van der Waals surface area contributed by atoms with E-state index in [0.29, 0.717) is 11.3 Å². The van der Waals surface area contributed by atoms with E-state index in [1.54, 1.807) is 19.1 Å². The highest BCUT2D eigenvalue weighted by atomic mass is 19.4. The van der Waals surface area contributed by atoms with Crippen molar-refractivity contribution >= 4 is 22.8 Å². The molecule has 0 fully saturated rings. The summed E-state index contributed by atoms with van der Waals surface area (Å²) in [7, 11) is 0. The molecule has 4 aromatic heterocycles. The summed E-state index contributed by atoms with van der Waals surface area (Å²) in [4.78, 5) is 20.7. The van der Waals surface area contributed by atoms with Crippen LogP contribution >= 0.6 is 0 Å². The van der Waals surface area contributed by atoms with Crippen LogP contribution in [0.4, 0.5) is 18.9 Å². The first-order valence-electron chi connectivity index (χ1n) is 8.66. The molecule has 4 rings (SSSR count). The summed E-state index contributed by atoms with van der Waals surface area (Å²) in [6, 6.07) is 3.99. The number of furan rings is 2. The molecule has 0 aromatic carbocycles. The molecule has 0 saturated heterocycles. The number of rotatable bonds is 3. The number of fused-ring (bicyclic) bond motifs is 2. The van der Waals surface area contributed by atoms with Crippen molar-refractivity contribution in [2.45, 2.75) is 20.0 Å². The molecular formula is C20H14F3N3O4. The van der Waals surface area contributed by atoms with E-state index < -0.39 is 29.1 Å². The van der Waals surface area contributed by atoms with Crippen molar-refractivity contribution in [3.05, 3.63) is 53.1 Å². The van der Waals surface area contributed by atoms with Crippen molar-refractivity contribution in [2.75, 3.05) is 5.32 Å². The lowest BCUT2D eigenvalue weighted by molar-refractivity contribution is -0.138. The normalized spacial score (nSPS) is 11.9. The molecule has 7 nitrogen and oxygen atoms in total. The van der Waals surface area contributed by atoms with Gasteiger partial charge in [-0.1, -0.05) is 0 Å². The van der Waals surface area contributed by atoms with E-state index >= 15 is 0 Å². The molecule has 30 heavy (non-hydrogen) atoms. The molecule has 0 spiro atoms. The zero-order valence-corrected chi connectivity index (χ0v) is 15.6. The predicted octanol–water partition coefficient (Wildman–Crippen LogP) is 4.63. The van der Waals surface area contributed by atoms with Crippen molar-refractivity contribution in [2.24, 2.45) is 0 Å². The summed E-state index contributed by atoms with van der Waals surface area (Å²) in [6.07, 6.45) is -2.05. The second-order valence-corrected chi connectivity index (χ2v) is 6.70. The Hall–Kier alpha value is -3.82. The van der Waals surface area contributed by atoms with Gasteiger partial charge in [-0.15, -0.1) is 0 Å². The maximum atomic E-state index is 13.1. The maximum absolute atomic E-state index is 13.1. The lowest BCUT2D eigenvalue weighted by atomic mass is 9.98. The number of aromatic nitrogens is 2. The molecule has 0 radical (unpaired) electrons. The maximum Gasteiger partial charge on any atom is 0.418 e. The van der Waals surface area contributed by atoms with Gasteiger partial charge in [-0.25, -0.2) is 0 Å². The highest BCUT2D eigenvalue weighted by Gasteiger charge is 2.35. The van der Waals surface area contributed by atoms with Gasteiger partial charge in [-0.2, -0.15) is 13.2 Å². The van der Waals surface area contributed by atoms with E-state index in [2.05, 4.69) is 15.3 Å². The van der Waals surface area contributed by atoms with Crippen LogP contribution < -0.4 is 5.32 Å². The number of anilines is 1. The van der Waals surface area contributed by atoms with Crippen molar-refractivity contribution in [3.63, 3.8) is 0 Å². The number of carbonyl (C=O) groups is 1. The third kappa shape index (κ3) is 3.06. The number of alkyl halides is 3. The fourth-order valence-corrected chi connectivity index (χ4v) is 3.25. The summed E-state index contributed by atoms with van der Waals surface area (Å²) in [5, 5.41) is 22.5. The molecule has 0 aliphatic rings. The Kier molecular flexibility index (Phi) is 4.30. The van der Waals surface area contributed by atoms with Crippen LogP contribution in [0.5, 0.6) is 11.5 Å². The molecule has 0 saturated carbocycles. The Morgan fingerprint density at radius 3 is 2.47 bits per heavy atom. The Balaban J connectivity index is 1.80. The minimum absolute atomic E-state index is 0.115. The first-order chi connectivity index (χ1) is 14.1. The molecule has 154 valence electrons. The Labute approximate surface area is 167 Å². The van der Waals surface area contributed by atoms with Crippen LogP contribution in [0.15, 0.2) is 35.0 Å². The average molecular weight is 417 g/mol. The van der Waals surface area contributed by atoms with Crippen LogP contribution in [0.2, 0.25) is 0 Å². The van der Waals surface area contributed by atoms with Gasteiger partial charge in [-0.3, -0.25) is 14.8 Å². The summed E-state index contributed by atoms with van der Waals surface area (Å²) < 4.78 is 44.8. The number of phenolic OH excluding ortho intramolecular Hbond substituents is 2. The summed E-state index contributed by atoms with van der Waals surface area (Å²) in [6.45, 7) is 2.93. The summed E-state index contributed by atoms with van der Waals surface area (Å²) >= 11 is 0. The van der Waals surface area contributed by atoms with Crippen molar-refractivity contribution < 1.29 is 32.6 Å². The van der Waals surface area contributed by atoms with E-state index in [-0.39, 0.29) is 33.7 Å². The van der Waals surface area contributed by atoms with Crippen LogP contribution in [0.3, 0.4) is 0 Å². The van der Waals surface area contributed by atoms with E-state index in [9.17, 15) is 28.2 Å². The van der Waals surface area contributed by atoms with Crippen LogP contribution in [-0.4, -0.2) is 26.1 Å².